The van der Waals surface area contributed by atoms with Gasteiger partial charge in [0.15, 0.2) is 0 Å². The van der Waals surface area contributed by atoms with E-state index in [-0.39, 0.29) is 30.4 Å². The Morgan fingerprint density at radius 3 is 2.35 bits per heavy atom. The van der Waals surface area contributed by atoms with E-state index in [0.717, 1.165) is 22.1 Å². The lowest BCUT2D eigenvalue weighted by atomic mass is 10.0. The maximum atomic E-state index is 14.8. The highest BCUT2D eigenvalue weighted by Crippen LogP contribution is 2.28. The highest BCUT2D eigenvalue weighted by molar-refractivity contribution is 6.06. The zero-order chi connectivity index (χ0) is 27.6. The van der Waals surface area contributed by atoms with Crippen LogP contribution in [0.2, 0.25) is 0 Å². The molecule has 0 aliphatic carbocycles. The third kappa shape index (κ3) is 4.90. The van der Waals surface area contributed by atoms with Gasteiger partial charge in [0, 0.05) is 11.9 Å². The molecule has 6 aromatic rings. The third-order valence-electron chi connectivity index (χ3n) is 6.82. The number of hydrogen-bond acceptors (Lipinski definition) is 4. The van der Waals surface area contributed by atoms with Crippen LogP contribution in [0.15, 0.2) is 103 Å². The normalized spacial score (nSPS) is 11.1. The number of carboxylic acids is 1. The van der Waals surface area contributed by atoms with E-state index in [2.05, 4.69) is 15.6 Å². The average molecular weight is 531 g/mol. The number of hydrogen-bond donors (Lipinski definition) is 2. The molecule has 0 saturated carbocycles. The van der Waals surface area contributed by atoms with Gasteiger partial charge >= 0.3 is 5.97 Å². The summed E-state index contributed by atoms with van der Waals surface area (Å²) < 4.78 is 16.4. The second-order valence-electron chi connectivity index (χ2n) is 9.49. The van der Waals surface area contributed by atoms with Crippen molar-refractivity contribution in [2.24, 2.45) is 0 Å². The van der Waals surface area contributed by atoms with Gasteiger partial charge < -0.3 is 10.4 Å². The predicted octanol–water partition coefficient (Wildman–Crippen LogP) is 6.07. The van der Waals surface area contributed by atoms with E-state index < -0.39 is 5.97 Å². The molecule has 1 aromatic heterocycles. The SMILES string of the molecule is O=C(O)c1ccc(CNC(=O)c2cc(-c3ccccc3)cc3nnn(Cc4cc(F)c5ccccc5c4)c23)cc1. The molecule has 196 valence electrons. The van der Waals surface area contributed by atoms with Crippen LogP contribution < -0.4 is 5.32 Å². The van der Waals surface area contributed by atoms with Crippen LogP contribution >= 0.6 is 0 Å². The van der Waals surface area contributed by atoms with Gasteiger partial charge in [-0.3, -0.25) is 4.79 Å². The lowest BCUT2D eigenvalue weighted by Crippen LogP contribution is -2.24. The summed E-state index contributed by atoms with van der Waals surface area (Å²) in [6.07, 6.45) is 0. The van der Waals surface area contributed by atoms with Gasteiger partial charge in [0.1, 0.15) is 16.9 Å². The van der Waals surface area contributed by atoms with Crippen molar-refractivity contribution in [1.29, 1.82) is 0 Å². The van der Waals surface area contributed by atoms with Gasteiger partial charge in [0.2, 0.25) is 0 Å². The summed E-state index contributed by atoms with van der Waals surface area (Å²) in [6, 6.07) is 30.3. The lowest BCUT2D eigenvalue weighted by Gasteiger charge is -2.12. The third-order valence-corrected chi connectivity index (χ3v) is 6.82. The molecular weight excluding hydrogens is 507 g/mol. The van der Waals surface area contributed by atoms with Gasteiger partial charge in [0.05, 0.1) is 17.7 Å². The number of halogens is 1. The fourth-order valence-electron chi connectivity index (χ4n) is 4.82. The molecule has 0 bridgehead atoms. The van der Waals surface area contributed by atoms with Crippen molar-refractivity contribution >= 4 is 33.7 Å². The van der Waals surface area contributed by atoms with Crippen molar-refractivity contribution in [2.75, 3.05) is 0 Å². The first-order valence-corrected chi connectivity index (χ1v) is 12.7. The second kappa shape index (κ2) is 10.4. The van der Waals surface area contributed by atoms with Crippen LogP contribution in [0, 0.1) is 5.82 Å². The minimum Gasteiger partial charge on any atom is -0.478 e. The first-order chi connectivity index (χ1) is 19.5. The molecule has 0 radical (unpaired) electrons. The second-order valence-corrected chi connectivity index (χ2v) is 9.49. The number of amides is 1. The van der Waals surface area contributed by atoms with Gasteiger partial charge in [-0.05, 0) is 64.0 Å². The number of aromatic nitrogens is 3. The van der Waals surface area contributed by atoms with E-state index in [1.54, 1.807) is 35.0 Å². The topological polar surface area (TPSA) is 97.1 Å². The maximum Gasteiger partial charge on any atom is 0.335 e. The maximum absolute atomic E-state index is 14.8. The Morgan fingerprint density at radius 1 is 0.825 bits per heavy atom. The molecule has 1 amide bonds. The minimum atomic E-state index is -1.01. The van der Waals surface area contributed by atoms with E-state index in [1.807, 2.05) is 54.6 Å². The number of carbonyl (C=O) groups excluding carboxylic acids is 1. The van der Waals surface area contributed by atoms with Crippen molar-refractivity contribution in [2.45, 2.75) is 13.1 Å². The Hall–Kier alpha value is -5.37. The highest BCUT2D eigenvalue weighted by atomic mass is 19.1. The van der Waals surface area contributed by atoms with Gasteiger partial charge in [-0.25, -0.2) is 13.9 Å². The Kier molecular flexibility index (Phi) is 6.49. The van der Waals surface area contributed by atoms with E-state index in [4.69, 9.17) is 5.11 Å². The molecule has 6 rings (SSSR count). The zero-order valence-electron chi connectivity index (χ0n) is 21.2. The first kappa shape index (κ1) is 24.9. The van der Waals surface area contributed by atoms with Gasteiger partial charge in [-0.15, -0.1) is 5.10 Å². The Bertz CT molecular complexity index is 1880. The minimum absolute atomic E-state index is 0.174. The Labute approximate surface area is 228 Å². The van der Waals surface area contributed by atoms with Gasteiger partial charge in [0.25, 0.3) is 5.91 Å². The number of carboxylic acid groups (broad SMARTS) is 1. The van der Waals surface area contributed by atoms with Crippen LogP contribution in [0.4, 0.5) is 4.39 Å². The average Bonchev–Trinajstić information content (AvgIpc) is 3.38. The summed E-state index contributed by atoms with van der Waals surface area (Å²) in [5.74, 6) is -1.67. The molecule has 5 aromatic carbocycles. The van der Waals surface area contributed by atoms with E-state index in [0.29, 0.717) is 27.5 Å². The first-order valence-electron chi connectivity index (χ1n) is 12.7. The highest BCUT2D eigenvalue weighted by Gasteiger charge is 2.19. The summed E-state index contributed by atoms with van der Waals surface area (Å²) in [7, 11) is 0. The number of rotatable bonds is 7. The van der Waals surface area contributed by atoms with Crippen molar-refractivity contribution in [1.82, 2.24) is 20.3 Å². The molecule has 2 N–H and O–H groups in total. The zero-order valence-corrected chi connectivity index (χ0v) is 21.2. The molecule has 0 fully saturated rings. The van der Waals surface area contributed by atoms with Crippen molar-refractivity contribution in [3.05, 3.63) is 131 Å². The largest absolute Gasteiger partial charge is 0.478 e. The van der Waals surface area contributed by atoms with E-state index >= 15 is 0 Å². The van der Waals surface area contributed by atoms with Crippen LogP contribution in [-0.4, -0.2) is 32.0 Å². The fraction of sp³-hybridized carbons (Fsp3) is 0.0625. The smallest absolute Gasteiger partial charge is 0.335 e. The summed E-state index contributed by atoms with van der Waals surface area (Å²) in [4.78, 5) is 24.7. The summed E-state index contributed by atoms with van der Waals surface area (Å²) in [5, 5.41) is 22.1. The van der Waals surface area contributed by atoms with Crippen LogP contribution in [0.5, 0.6) is 0 Å². The number of aromatic carboxylic acids is 1. The number of nitrogens with one attached hydrogen (secondary N) is 1. The standard InChI is InChI=1S/C32H23FN4O3/c33-28-15-21(14-24-8-4-5-9-26(24)28)19-37-30-27(31(38)34-18-20-10-12-23(13-11-20)32(39)40)16-25(17-29(30)35-36-37)22-6-2-1-3-7-22/h1-17H,18-19H2,(H,34,38)(H,39,40). The summed E-state index contributed by atoms with van der Waals surface area (Å²) in [6.45, 7) is 0.424. The number of nitrogens with zero attached hydrogens (tertiary/aromatic N) is 3. The molecule has 0 aliphatic rings. The fourth-order valence-corrected chi connectivity index (χ4v) is 4.82. The van der Waals surface area contributed by atoms with Crippen molar-refractivity contribution in [3.63, 3.8) is 0 Å². The molecule has 0 spiro atoms. The molecule has 0 atom stereocenters. The van der Waals surface area contributed by atoms with Crippen LogP contribution in [0.25, 0.3) is 32.9 Å². The number of fused-ring (bicyclic) bond motifs is 2. The van der Waals surface area contributed by atoms with Crippen molar-refractivity contribution in [3.8, 4) is 11.1 Å². The monoisotopic (exact) mass is 530 g/mol. The van der Waals surface area contributed by atoms with Gasteiger partial charge in [-0.2, -0.15) is 0 Å². The molecular formula is C32H23FN4O3. The van der Waals surface area contributed by atoms with Crippen molar-refractivity contribution < 1.29 is 19.1 Å². The Morgan fingerprint density at radius 2 is 1.57 bits per heavy atom. The van der Waals surface area contributed by atoms with E-state index in [1.165, 1.54) is 18.2 Å². The molecule has 0 unspecified atom stereocenters. The molecule has 8 heteroatoms. The summed E-state index contributed by atoms with van der Waals surface area (Å²) in [5.41, 5.74) is 4.82. The van der Waals surface area contributed by atoms with Crippen LogP contribution in [0.3, 0.4) is 0 Å². The van der Waals surface area contributed by atoms with Gasteiger partial charge in [-0.1, -0.05) is 71.9 Å². The Balaban J connectivity index is 1.38. The van der Waals surface area contributed by atoms with Crippen LogP contribution in [0.1, 0.15) is 31.8 Å². The van der Waals surface area contributed by atoms with Crippen LogP contribution in [-0.2, 0) is 13.1 Å². The quantitative estimate of drug-likeness (QED) is 0.261. The summed E-state index contributed by atoms with van der Waals surface area (Å²) >= 11 is 0. The predicted molar refractivity (Wildman–Crippen MR) is 151 cm³/mol. The molecule has 7 nitrogen and oxygen atoms in total. The van der Waals surface area contributed by atoms with E-state index in [9.17, 15) is 14.0 Å². The number of carbonyl (C=O) groups is 2. The molecule has 0 saturated heterocycles. The molecule has 1 heterocycles. The molecule has 0 aliphatic heterocycles. The lowest BCUT2D eigenvalue weighted by molar-refractivity contribution is 0.0696. The number of benzene rings is 5. The molecule has 40 heavy (non-hydrogen) atoms.